The molecular weight excluding hydrogens is 720 g/mol. The Morgan fingerprint density at radius 1 is 1.09 bits per heavy atom. The summed E-state index contributed by atoms with van der Waals surface area (Å²) in [4.78, 5) is 72.0. The molecule has 3 fully saturated rings. The molecular formula is C39H37ClN4O8S. The number of benzene rings is 2. The molecule has 2 N–H and O–H groups in total. The molecule has 2 aliphatic carbocycles. The van der Waals surface area contributed by atoms with Crippen molar-refractivity contribution in [3.63, 3.8) is 0 Å². The van der Waals surface area contributed by atoms with Crippen molar-refractivity contribution in [1.82, 2.24) is 14.7 Å². The van der Waals surface area contributed by atoms with Crippen LogP contribution >= 0.6 is 22.9 Å². The van der Waals surface area contributed by atoms with E-state index in [1.165, 1.54) is 34.1 Å². The van der Waals surface area contributed by atoms with Crippen LogP contribution in [0.1, 0.15) is 49.7 Å². The second kappa shape index (κ2) is 12.6. The van der Waals surface area contributed by atoms with Crippen LogP contribution in [-0.4, -0.2) is 68.1 Å². The van der Waals surface area contributed by atoms with E-state index < -0.39 is 58.7 Å². The number of phenols is 1. The number of aromatic hydroxyl groups is 1. The van der Waals surface area contributed by atoms with E-state index in [1.807, 2.05) is 31.2 Å². The normalized spacial score (nSPS) is 26.6. The van der Waals surface area contributed by atoms with Crippen LogP contribution in [0.2, 0.25) is 5.02 Å². The molecule has 6 atom stereocenters. The first-order valence-corrected chi connectivity index (χ1v) is 18.7. The summed E-state index contributed by atoms with van der Waals surface area (Å²) in [6.07, 6.45) is 2.18. The number of rotatable bonds is 8. The van der Waals surface area contributed by atoms with E-state index in [4.69, 9.17) is 21.4 Å². The Labute approximate surface area is 313 Å². The van der Waals surface area contributed by atoms with Gasteiger partial charge in [0.15, 0.2) is 0 Å². The van der Waals surface area contributed by atoms with E-state index in [0.29, 0.717) is 27.6 Å². The number of thiophene rings is 1. The SMILES string of the molecule is COc1cccc(O)c1[C@H]1C2=CC[C@@H]3C(=O)N(CCCC(=O)O)C(=O)[C@@H]3[C@@H]2C[C@H]2C(=O)N(c3cc(-c4sc5ccc(Cl)cc5c4C)nn3C)C(=O)[C@@]12C. The number of ether oxygens (including phenoxy) is 1. The van der Waals surface area contributed by atoms with Crippen LogP contribution in [0.15, 0.2) is 54.1 Å². The number of hydrogen-bond donors (Lipinski definition) is 2. The number of carbonyl (C=O) groups excluding carboxylic acids is 4. The molecule has 4 aromatic rings. The Balaban J connectivity index is 1.23. The fourth-order valence-electron chi connectivity index (χ4n) is 9.43. The maximum atomic E-state index is 15.1. The van der Waals surface area contributed by atoms with E-state index in [-0.39, 0.29) is 49.7 Å². The molecule has 4 heterocycles. The lowest BCUT2D eigenvalue weighted by atomic mass is 9.51. The summed E-state index contributed by atoms with van der Waals surface area (Å²) in [5, 5.41) is 27.0. The van der Waals surface area contributed by atoms with Crippen molar-refractivity contribution >= 4 is 68.4 Å². The number of carbonyl (C=O) groups is 5. The van der Waals surface area contributed by atoms with Crippen LogP contribution in [0.5, 0.6) is 11.5 Å². The van der Waals surface area contributed by atoms with Gasteiger partial charge in [-0.25, -0.2) is 4.90 Å². The summed E-state index contributed by atoms with van der Waals surface area (Å²) in [6, 6.07) is 12.2. The smallest absolute Gasteiger partial charge is 0.303 e. The maximum absolute atomic E-state index is 15.1. The number of amides is 4. The molecule has 0 spiro atoms. The molecule has 53 heavy (non-hydrogen) atoms. The molecule has 274 valence electrons. The van der Waals surface area contributed by atoms with Crippen molar-refractivity contribution in [2.75, 3.05) is 18.6 Å². The second-order valence-electron chi connectivity index (χ2n) is 14.6. The van der Waals surface area contributed by atoms with Gasteiger partial charge in [-0.2, -0.15) is 5.10 Å². The van der Waals surface area contributed by atoms with Gasteiger partial charge in [0.05, 0.1) is 35.2 Å². The highest BCUT2D eigenvalue weighted by Gasteiger charge is 2.68. The van der Waals surface area contributed by atoms with Crippen molar-refractivity contribution in [3.8, 4) is 22.1 Å². The van der Waals surface area contributed by atoms with Gasteiger partial charge in [-0.3, -0.25) is 33.6 Å². The molecule has 12 nitrogen and oxygen atoms in total. The van der Waals surface area contributed by atoms with Gasteiger partial charge in [0.2, 0.25) is 23.6 Å². The van der Waals surface area contributed by atoms with Gasteiger partial charge in [0.1, 0.15) is 23.0 Å². The molecule has 2 aromatic carbocycles. The number of methoxy groups -OCH3 is 1. The van der Waals surface area contributed by atoms with E-state index in [1.54, 1.807) is 32.2 Å². The minimum atomic E-state index is -1.42. The van der Waals surface area contributed by atoms with Gasteiger partial charge in [0, 0.05) is 47.3 Å². The molecule has 2 saturated heterocycles. The highest BCUT2D eigenvalue weighted by Crippen LogP contribution is 2.65. The van der Waals surface area contributed by atoms with E-state index in [2.05, 4.69) is 0 Å². The van der Waals surface area contributed by atoms with Crippen LogP contribution in [0, 0.1) is 36.0 Å². The second-order valence-corrected chi connectivity index (χ2v) is 16.1. The van der Waals surface area contributed by atoms with Crippen LogP contribution in [0.25, 0.3) is 20.7 Å². The topological polar surface area (TPSA) is 159 Å². The fraction of sp³-hybridized carbons (Fsp3) is 0.385. The van der Waals surface area contributed by atoms with Gasteiger partial charge in [-0.1, -0.05) is 29.3 Å². The quantitative estimate of drug-likeness (QED) is 0.161. The summed E-state index contributed by atoms with van der Waals surface area (Å²) in [5.74, 6) is -6.12. The highest BCUT2D eigenvalue weighted by molar-refractivity contribution is 7.22. The number of fused-ring (bicyclic) bond motifs is 5. The minimum Gasteiger partial charge on any atom is -0.508 e. The maximum Gasteiger partial charge on any atom is 0.303 e. The van der Waals surface area contributed by atoms with Gasteiger partial charge >= 0.3 is 5.97 Å². The Hall–Kier alpha value is -5.01. The van der Waals surface area contributed by atoms with Crippen molar-refractivity contribution in [2.24, 2.45) is 36.1 Å². The Morgan fingerprint density at radius 3 is 2.60 bits per heavy atom. The van der Waals surface area contributed by atoms with E-state index in [0.717, 1.165) is 25.4 Å². The summed E-state index contributed by atoms with van der Waals surface area (Å²) in [7, 11) is 3.15. The van der Waals surface area contributed by atoms with Crippen molar-refractivity contribution in [1.29, 1.82) is 0 Å². The van der Waals surface area contributed by atoms with Crippen LogP contribution in [-0.2, 0) is 31.0 Å². The lowest BCUT2D eigenvalue weighted by Crippen LogP contribution is -2.49. The number of carboxylic acid groups (broad SMARTS) is 1. The lowest BCUT2D eigenvalue weighted by Gasteiger charge is -2.49. The average Bonchev–Trinajstić information content (AvgIpc) is 3.79. The molecule has 2 aromatic heterocycles. The summed E-state index contributed by atoms with van der Waals surface area (Å²) in [6.45, 7) is 3.71. The number of likely N-dealkylation sites (tertiary alicyclic amines) is 1. The summed E-state index contributed by atoms with van der Waals surface area (Å²) in [5.41, 5.74) is 1.18. The molecule has 2 aliphatic heterocycles. The van der Waals surface area contributed by atoms with Crippen molar-refractivity contribution in [2.45, 2.75) is 45.4 Å². The number of aliphatic carboxylic acids is 1. The molecule has 0 bridgehead atoms. The van der Waals surface area contributed by atoms with Gasteiger partial charge < -0.3 is 14.9 Å². The zero-order valence-electron chi connectivity index (χ0n) is 29.5. The summed E-state index contributed by atoms with van der Waals surface area (Å²) < 4.78 is 8.30. The van der Waals surface area contributed by atoms with Crippen LogP contribution in [0.4, 0.5) is 5.82 Å². The van der Waals surface area contributed by atoms with Crippen molar-refractivity contribution in [3.05, 3.63) is 70.3 Å². The third kappa shape index (κ3) is 5.07. The monoisotopic (exact) mass is 756 g/mol. The molecule has 4 aliphatic rings. The molecule has 0 unspecified atom stereocenters. The zero-order chi connectivity index (χ0) is 37.7. The third-order valence-corrected chi connectivity index (χ3v) is 13.4. The Bertz CT molecular complexity index is 2310. The number of halogens is 1. The predicted molar refractivity (Wildman–Crippen MR) is 197 cm³/mol. The molecule has 14 heteroatoms. The first-order valence-electron chi connectivity index (χ1n) is 17.5. The number of carboxylic acids is 1. The van der Waals surface area contributed by atoms with Crippen molar-refractivity contribution < 1.29 is 38.9 Å². The molecule has 1 saturated carbocycles. The third-order valence-electron chi connectivity index (χ3n) is 11.9. The zero-order valence-corrected chi connectivity index (χ0v) is 31.0. The number of allylic oxidation sites excluding steroid dienone is 2. The number of hydrogen-bond acceptors (Lipinski definition) is 9. The fourth-order valence-corrected chi connectivity index (χ4v) is 10.7. The van der Waals surface area contributed by atoms with E-state index >= 15 is 4.79 Å². The minimum absolute atomic E-state index is 0.0166. The standard InChI is InChI=1S/C39H37ClN4O8S/c1-18-22-15-19(40)10-13-28(22)53-34(18)25-17-29(42(3)41-25)44-36(49)24-16-23-20(11-12-21-31(23)37(50)43(35(21)48)14-6-9-30(46)47)33(39(24,2)38(44)51)32-26(45)7-5-8-27(32)52-4/h5,7-8,10-11,13,15,17,21,23-24,31,33,45H,6,9,12,14,16H2,1-4H3,(H,46,47)/t21-,23+,24-,31-,33+,39+/m0/s1. The molecule has 8 rings (SSSR count). The predicted octanol–water partition coefficient (Wildman–Crippen LogP) is 6.07. The lowest BCUT2D eigenvalue weighted by molar-refractivity contribution is -0.142. The largest absolute Gasteiger partial charge is 0.508 e. The number of anilines is 1. The number of aromatic nitrogens is 2. The number of imide groups is 2. The van der Waals surface area contributed by atoms with Crippen LogP contribution < -0.4 is 9.64 Å². The first-order chi connectivity index (χ1) is 25.3. The number of aryl methyl sites for hydroxylation is 2. The highest BCUT2D eigenvalue weighted by atomic mass is 35.5. The number of phenolic OH excluding ortho intramolecular Hbond substituents is 1. The number of nitrogens with zero attached hydrogens (tertiary/aromatic N) is 4. The van der Waals surface area contributed by atoms with Crippen LogP contribution in [0.3, 0.4) is 0 Å². The average molecular weight is 757 g/mol. The first kappa shape index (κ1) is 35.0. The van der Waals surface area contributed by atoms with Gasteiger partial charge in [0.25, 0.3) is 0 Å². The van der Waals surface area contributed by atoms with E-state index in [9.17, 15) is 29.4 Å². The Morgan fingerprint density at radius 2 is 1.87 bits per heavy atom. The molecule has 4 amide bonds. The van der Waals surface area contributed by atoms with Gasteiger partial charge in [-0.15, -0.1) is 11.3 Å². The Kier molecular flexibility index (Phi) is 8.30. The molecule has 0 radical (unpaired) electrons. The summed E-state index contributed by atoms with van der Waals surface area (Å²) >= 11 is 7.84. The van der Waals surface area contributed by atoms with Gasteiger partial charge in [-0.05, 0) is 80.3 Å².